The second kappa shape index (κ2) is 6.14. The van der Waals surface area contributed by atoms with Gasteiger partial charge in [-0.05, 0) is 6.92 Å². The normalized spacial score (nSPS) is 15.2. The van der Waals surface area contributed by atoms with Gasteiger partial charge in [0, 0.05) is 32.6 Å². The first-order valence-electron chi connectivity index (χ1n) is 4.03. The molecule has 3 nitrogen and oxygen atoms in total. The zero-order valence-corrected chi connectivity index (χ0v) is 8.51. The van der Waals surface area contributed by atoms with Crippen LogP contribution >= 0.6 is 12.4 Å². The highest BCUT2D eigenvalue weighted by atomic mass is 35.5. The summed E-state index contributed by atoms with van der Waals surface area (Å²) >= 11 is 0. The van der Waals surface area contributed by atoms with E-state index in [2.05, 4.69) is 29.2 Å². The summed E-state index contributed by atoms with van der Waals surface area (Å²) in [6, 6.07) is 0. The lowest BCUT2D eigenvalue weighted by atomic mass is 10.6. The maximum Gasteiger partial charge on any atom is 0.0891 e. The standard InChI is InChI=1S/C8H16N2O.ClH/c1-3-11-7-6-10-5-4-9(2)8-10;/h4-5H,3,6-8H2,1-2H3;1H. The van der Waals surface area contributed by atoms with Crippen molar-refractivity contribution in [3.63, 3.8) is 0 Å². The summed E-state index contributed by atoms with van der Waals surface area (Å²) in [5.74, 6) is 0. The maximum atomic E-state index is 5.24. The van der Waals surface area contributed by atoms with E-state index < -0.39 is 0 Å². The van der Waals surface area contributed by atoms with Gasteiger partial charge in [-0.25, -0.2) is 0 Å². The molecule has 0 N–H and O–H groups in total. The molecule has 0 aromatic rings. The van der Waals surface area contributed by atoms with E-state index in [0.717, 1.165) is 26.4 Å². The maximum absolute atomic E-state index is 5.24. The summed E-state index contributed by atoms with van der Waals surface area (Å²) in [6.45, 7) is 5.65. The molecule has 4 heteroatoms. The second-order valence-corrected chi connectivity index (χ2v) is 2.71. The molecule has 0 saturated heterocycles. The number of hydrogen-bond acceptors (Lipinski definition) is 3. The molecule has 0 fully saturated rings. The minimum atomic E-state index is 0. The fourth-order valence-electron chi connectivity index (χ4n) is 1.06. The minimum Gasteiger partial charge on any atom is -0.380 e. The quantitative estimate of drug-likeness (QED) is 0.621. The average Bonchev–Trinajstić information content (AvgIpc) is 2.37. The third kappa shape index (κ3) is 3.83. The van der Waals surface area contributed by atoms with Gasteiger partial charge in [0.2, 0.25) is 0 Å². The fourth-order valence-corrected chi connectivity index (χ4v) is 1.06. The lowest BCUT2D eigenvalue weighted by Crippen LogP contribution is -2.25. The van der Waals surface area contributed by atoms with Crippen LogP contribution in [0.1, 0.15) is 6.92 Å². The molecule has 0 unspecified atom stereocenters. The number of hydrogen-bond donors (Lipinski definition) is 0. The van der Waals surface area contributed by atoms with E-state index in [0.29, 0.717) is 0 Å². The van der Waals surface area contributed by atoms with E-state index in [1.807, 2.05) is 6.92 Å². The fraction of sp³-hybridized carbons (Fsp3) is 0.750. The van der Waals surface area contributed by atoms with Crippen molar-refractivity contribution in [2.75, 3.05) is 33.5 Å². The van der Waals surface area contributed by atoms with Crippen molar-refractivity contribution in [3.05, 3.63) is 12.4 Å². The predicted molar refractivity (Wildman–Crippen MR) is 52.2 cm³/mol. The van der Waals surface area contributed by atoms with Crippen molar-refractivity contribution in [2.45, 2.75) is 6.92 Å². The highest BCUT2D eigenvalue weighted by molar-refractivity contribution is 5.85. The van der Waals surface area contributed by atoms with Crippen LogP contribution in [-0.4, -0.2) is 43.3 Å². The van der Waals surface area contributed by atoms with Gasteiger partial charge in [-0.1, -0.05) is 0 Å². The molecule has 0 radical (unpaired) electrons. The molecule has 0 saturated carbocycles. The first-order chi connectivity index (χ1) is 5.33. The Bertz CT molecular complexity index is 141. The van der Waals surface area contributed by atoms with Gasteiger partial charge in [0.05, 0.1) is 13.3 Å². The molecule has 0 atom stereocenters. The highest BCUT2D eigenvalue weighted by Crippen LogP contribution is 2.01. The smallest absolute Gasteiger partial charge is 0.0891 e. The van der Waals surface area contributed by atoms with Gasteiger partial charge in [-0.2, -0.15) is 0 Å². The first kappa shape index (κ1) is 11.6. The zero-order chi connectivity index (χ0) is 8.10. The first-order valence-corrected chi connectivity index (χ1v) is 4.03. The Balaban J connectivity index is 0.00000121. The van der Waals surface area contributed by atoms with Crippen molar-refractivity contribution in [1.82, 2.24) is 9.80 Å². The van der Waals surface area contributed by atoms with Crippen LogP contribution in [0, 0.1) is 0 Å². The Morgan fingerprint density at radius 1 is 1.42 bits per heavy atom. The second-order valence-electron chi connectivity index (χ2n) is 2.71. The van der Waals surface area contributed by atoms with E-state index in [1.54, 1.807) is 0 Å². The molecule has 0 aromatic carbocycles. The topological polar surface area (TPSA) is 15.7 Å². The Kier molecular flexibility index (Phi) is 5.93. The molecule has 0 amide bonds. The van der Waals surface area contributed by atoms with Gasteiger partial charge in [0.15, 0.2) is 0 Å². The largest absolute Gasteiger partial charge is 0.380 e. The van der Waals surface area contributed by atoms with Crippen LogP contribution in [0.25, 0.3) is 0 Å². The molecule has 72 valence electrons. The Labute approximate surface area is 80.4 Å². The van der Waals surface area contributed by atoms with Crippen LogP contribution < -0.4 is 0 Å². The summed E-state index contributed by atoms with van der Waals surface area (Å²) in [7, 11) is 2.07. The molecule has 0 aromatic heterocycles. The summed E-state index contributed by atoms with van der Waals surface area (Å²) in [4.78, 5) is 4.38. The van der Waals surface area contributed by atoms with Crippen molar-refractivity contribution < 1.29 is 4.74 Å². The third-order valence-electron chi connectivity index (χ3n) is 1.66. The predicted octanol–water partition coefficient (Wildman–Crippen LogP) is 1.12. The molecule has 1 aliphatic heterocycles. The molecule has 1 aliphatic rings. The van der Waals surface area contributed by atoms with Gasteiger partial charge in [-0.15, -0.1) is 12.4 Å². The minimum absolute atomic E-state index is 0. The molecular formula is C8H17ClN2O. The van der Waals surface area contributed by atoms with Crippen molar-refractivity contribution in [2.24, 2.45) is 0 Å². The number of halogens is 1. The SMILES string of the molecule is CCOCCN1C=CN(C)C1.Cl. The molecule has 12 heavy (non-hydrogen) atoms. The van der Waals surface area contributed by atoms with Crippen LogP contribution in [0.4, 0.5) is 0 Å². The van der Waals surface area contributed by atoms with Gasteiger partial charge in [0.1, 0.15) is 0 Å². The van der Waals surface area contributed by atoms with Gasteiger partial charge < -0.3 is 14.5 Å². The Morgan fingerprint density at radius 2 is 2.17 bits per heavy atom. The number of ether oxygens (including phenoxy) is 1. The molecule has 0 bridgehead atoms. The molecular weight excluding hydrogens is 176 g/mol. The van der Waals surface area contributed by atoms with Gasteiger partial charge in [0.25, 0.3) is 0 Å². The summed E-state index contributed by atoms with van der Waals surface area (Å²) < 4.78 is 5.24. The lowest BCUT2D eigenvalue weighted by molar-refractivity contribution is 0.123. The van der Waals surface area contributed by atoms with Gasteiger partial charge >= 0.3 is 0 Å². The average molecular weight is 193 g/mol. The third-order valence-corrected chi connectivity index (χ3v) is 1.66. The number of rotatable bonds is 4. The van der Waals surface area contributed by atoms with E-state index in [1.165, 1.54) is 0 Å². The van der Waals surface area contributed by atoms with Crippen LogP contribution in [0.5, 0.6) is 0 Å². The summed E-state index contributed by atoms with van der Waals surface area (Å²) in [6.07, 6.45) is 4.17. The van der Waals surface area contributed by atoms with E-state index in [-0.39, 0.29) is 12.4 Å². The van der Waals surface area contributed by atoms with Crippen LogP contribution in [0.3, 0.4) is 0 Å². The Hall–Kier alpha value is -0.410. The van der Waals surface area contributed by atoms with E-state index >= 15 is 0 Å². The van der Waals surface area contributed by atoms with Crippen molar-refractivity contribution in [1.29, 1.82) is 0 Å². The van der Waals surface area contributed by atoms with Crippen molar-refractivity contribution in [3.8, 4) is 0 Å². The molecule has 1 rings (SSSR count). The van der Waals surface area contributed by atoms with Crippen molar-refractivity contribution >= 4 is 12.4 Å². The van der Waals surface area contributed by atoms with Crippen LogP contribution in [-0.2, 0) is 4.74 Å². The monoisotopic (exact) mass is 192 g/mol. The lowest BCUT2D eigenvalue weighted by Gasteiger charge is -2.17. The molecule has 0 spiro atoms. The van der Waals surface area contributed by atoms with Crippen LogP contribution in [0.15, 0.2) is 12.4 Å². The molecule has 1 heterocycles. The zero-order valence-electron chi connectivity index (χ0n) is 7.69. The van der Waals surface area contributed by atoms with Gasteiger partial charge in [-0.3, -0.25) is 0 Å². The van der Waals surface area contributed by atoms with E-state index in [9.17, 15) is 0 Å². The summed E-state index contributed by atoms with van der Waals surface area (Å²) in [5, 5.41) is 0. The molecule has 0 aliphatic carbocycles. The number of nitrogens with zero attached hydrogens (tertiary/aromatic N) is 2. The Morgan fingerprint density at radius 3 is 2.67 bits per heavy atom. The summed E-state index contributed by atoms with van der Waals surface area (Å²) in [5.41, 5.74) is 0. The highest BCUT2D eigenvalue weighted by Gasteiger charge is 2.06. The van der Waals surface area contributed by atoms with E-state index in [4.69, 9.17) is 4.74 Å². The van der Waals surface area contributed by atoms with Crippen LogP contribution in [0.2, 0.25) is 0 Å².